The normalized spacial score (nSPS) is 11.8. The summed E-state index contributed by atoms with van der Waals surface area (Å²) in [5, 5.41) is 10.2. The first-order chi connectivity index (χ1) is 8.69. The van der Waals surface area contributed by atoms with Gasteiger partial charge in [0.1, 0.15) is 6.54 Å². The number of halogens is 3. The van der Waals surface area contributed by atoms with Crippen LogP contribution in [0.3, 0.4) is 0 Å². The molecule has 0 aromatic carbocycles. The molecule has 0 unspecified atom stereocenters. The van der Waals surface area contributed by atoms with Crippen LogP contribution in [0.5, 0.6) is 0 Å². The van der Waals surface area contributed by atoms with Gasteiger partial charge in [-0.05, 0) is 24.6 Å². The number of alkyl halides is 3. The first-order valence-electron chi connectivity index (χ1n) is 5.05. The summed E-state index contributed by atoms with van der Waals surface area (Å²) in [6, 6.07) is 1.41. The summed E-state index contributed by atoms with van der Waals surface area (Å²) in [6.45, 7) is 0.238. The number of hydrogen-bond acceptors (Lipinski definition) is 3. The van der Waals surface area contributed by atoms with Crippen molar-refractivity contribution in [2.45, 2.75) is 13.1 Å². The number of aliphatic carboxylic acids is 1. The van der Waals surface area contributed by atoms with E-state index in [-0.39, 0.29) is 4.88 Å². The zero-order valence-corrected chi connectivity index (χ0v) is 10.6. The second kappa shape index (κ2) is 5.87. The third-order valence-electron chi connectivity index (χ3n) is 2.01. The zero-order valence-electron chi connectivity index (χ0n) is 9.75. The molecule has 0 spiro atoms. The molecule has 104 valence electrons. The molecule has 0 fully saturated rings. The van der Waals surface area contributed by atoms with Crippen LogP contribution in [0.2, 0.25) is 0 Å². The predicted octanol–water partition coefficient (Wildman–Crippen LogP) is 2.45. The van der Waals surface area contributed by atoms with Crippen LogP contribution in [-0.2, 0) is 4.79 Å². The van der Waals surface area contributed by atoms with E-state index in [1.807, 2.05) is 0 Å². The number of rotatable bonds is 4. The van der Waals surface area contributed by atoms with Crippen molar-refractivity contribution >= 4 is 29.3 Å². The molecular formula is C11H10F3NO3S. The number of aryl methyl sites for hydroxylation is 1. The quantitative estimate of drug-likeness (QED) is 0.838. The summed E-state index contributed by atoms with van der Waals surface area (Å²) < 4.78 is 35.8. The second-order valence-electron chi connectivity index (χ2n) is 3.63. The SMILES string of the molecule is Cc1cc(C(=O)NCC(F)(F)F)sc1C=CC(=O)O. The van der Waals surface area contributed by atoms with Crippen molar-refractivity contribution in [1.29, 1.82) is 0 Å². The highest BCUT2D eigenvalue weighted by molar-refractivity contribution is 7.15. The number of carboxylic acid groups (broad SMARTS) is 1. The molecule has 1 rings (SSSR count). The molecule has 0 bridgehead atoms. The number of hydrogen-bond donors (Lipinski definition) is 2. The van der Waals surface area contributed by atoms with Crippen molar-refractivity contribution in [2.75, 3.05) is 6.54 Å². The average Bonchev–Trinajstić information content (AvgIpc) is 2.64. The van der Waals surface area contributed by atoms with Gasteiger partial charge in [0.2, 0.25) is 0 Å². The predicted molar refractivity (Wildman–Crippen MR) is 64.1 cm³/mol. The smallest absolute Gasteiger partial charge is 0.405 e. The van der Waals surface area contributed by atoms with Crippen molar-refractivity contribution in [3.8, 4) is 0 Å². The van der Waals surface area contributed by atoms with Gasteiger partial charge >= 0.3 is 12.1 Å². The Morgan fingerprint density at radius 3 is 2.63 bits per heavy atom. The highest BCUT2D eigenvalue weighted by atomic mass is 32.1. The van der Waals surface area contributed by atoms with Crippen LogP contribution in [-0.4, -0.2) is 29.7 Å². The molecule has 1 aromatic rings. The third-order valence-corrected chi connectivity index (χ3v) is 3.21. The maximum absolute atomic E-state index is 11.9. The fourth-order valence-corrected chi connectivity index (χ4v) is 2.18. The maximum Gasteiger partial charge on any atom is 0.405 e. The van der Waals surface area contributed by atoms with Gasteiger partial charge in [0, 0.05) is 11.0 Å². The Hall–Kier alpha value is -1.83. The van der Waals surface area contributed by atoms with E-state index < -0.39 is 24.6 Å². The van der Waals surface area contributed by atoms with E-state index in [1.165, 1.54) is 12.1 Å². The second-order valence-corrected chi connectivity index (χ2v) is 4.71. The van der Waals surface area contributed by atoms with Gasteiger partial charge in [-0.2, -0.15) is 13.2 Å². The van der Waals surface area contributed by atoms with Gasteiger partial charge in [-0.3, -0.25) is 4.79 Å². The summed E-state index contributed by atoms with van der Waals surface area (Å²) in [6.07, 6.45) is -2.27. The van der Waals surface area contributed by atoms with Crippen LogP contribution in [0.4, 0.5) is 13.2 Å². The molecule has 0 aliphatic heterocycles. The van der Waals surface area contributed by atoms with E-state index in [9.17, 15) is 22.8 Å². The Bertz CT molecular complexity index is 520. The van der Waals surface area contributed by atoms with Gasteiger partial charge in [0.05, 0.1) is 4.88 Å². The Morgan fingerprint density at radius 2 is 2.11 bits per heavy atom. The molecule has 1 amide bonds. The molecule has 19 heavy (non-hydrogen) atoms. The summed E-state index contributed by atoms with van der Waals surface area (Å²) in [5.41, 5.74) is 0.625. The lowest BCUT2D eigenvalue weighted by molar-refractivity contribution is -0.131. The molecule has 0 saturated heterocycles. The van der Waals surface area contributed by atoms with Gasteiger partial charge in [0.15, 0.2) is 0 Å². The number of amides is 1. The fraction of sp³-hybridized carbons (Fsp3) is 0.273. The Kier molecular flexibility index (Phi) is 4.71. The molecule has 0 aliphatic carbocycles. The van der Waals surface area contributed by atoms with Gasteiger partial charge < -0.3 is 10.4 Å². The number of carbonyl (C=O) groups excluding carboxylic acids is 1. The van der Waals surface area contributed by atoms with E-state index in [2.05, 4.69) is 0 Å². The number of carboxylic acids is 1. The molecule has 8 heteroatoms. The lowest BCUT2D eigenvalue weighted by atomic mass is 10.2. The average molecular weight is 293 g/mol. The molecular weight excluding hydrogens is 283 g/mol. The van der Waals surface area contributed by atoms with E-state index >= 15 is 0 Å². The minimum Gasteiger partial charge on any atom is -0.478 e. The Morgan fingerprint density at radius 1 is 1.47 bits per heavy atom. The van der Waals surface area contributed by atoms with Crippen molar-refractivity contribution in [3.63, 3.8) is 0 Å². The molecule has 0 saturated carbocycles. The zero-order chi connectivity index (χ0) is 14.6. The van der Waals surface area contributed by atoms with Crippen LogP contribution >= 0.6 is 11.3 Å². The van der Waals surface area contributed by atoms with Crippen molar-refractivity contribution < 1.29 is 27.9 Å². The lowest BCUT2D eigenvalue weighted by Gasteiger charge is -2.06. The maximum atomic E-state index is 11.9. The topological polar surface area (TPSA) is 66.4 Å². The monoisotopic (exact) mass is 293 g/mol. The molecule has 0 atom stereocenters. The fourth-order valence-electron chi connectivity index (χ4n) is 1.19. The van der Waals surface area contributed by atoms with E-state index in [0.29, 0.717) is 10.4 Å². The van der Waals surface area contributed by atoms with Crippen LogP contribution in [0.15, 0.2) is 12.1 Å². The standard InChI is InChI=1S/C11H10F3NO3S/c1-6-4-8(10(18)15-5-11(12,13)14)19-7(6)2-3-9(16)17/h2-4H,5H2,1H3,(H,15,18)(H,16,17). The van der Waals surface area contributed by atoms with Crippen LogP contribution in [0.1, 0.15) is 20.1 Å². The lowest BCUT2D eigenvalue weighted by Crippen LogP contribution is -2.33. The third kappa shape index (κ3) is 5.12. The highest BCUT2D eigenvalue weighted by Crippen LogP contribution is 2.23. The van der Waals surface area contributed by atoms with Crippen LogP contribution in [0, 0.1) is 6.92 Å². The van der Waals surface area contributed by atoms with Gasteiger partial charge in [-0.25, -0.2) is 4.79 Å². The van der Waals surface area contributed by atoms with E-state index in [1.54, 1.807) is 12.2 Å². The summed E-state index contributed by atoms with van der Waals surface area (Å²) in [7, 11) is 0. The van der Waals surface area contributed by atoms with Gasteiger partial charge in [-0.15, -0.1) is 11.3 Å². The van der Waals surface area contributed by atoms with Crippen LogP contribution < -0.4 is 5.32 Å². The van der Waals surface area contributed by atoms with Crippen LogP contribution in [0.25, 0.3) is 6.08 Å². The first kappa shape index (κ1) is 15.2. The molecule has 2 N–H and O–H groups in total. The van der Waals surface area contributed by atoms with E-state index in [0.717, 1.165) is 17.4 Å². The molecule has 1 heterocycles. The van der Waals surface area contributed by atoms with E-state index in [4.69, 9.17) is 5.11 Å². The molecule has 1 aromatic heterocycles. The number of carbonyl (C=O) groups is 2. The Labute approximate surface area is 110 Å². The molecule has 4 nitrogen and oxygen atoms in total. The van der Waals surface area contributed by atoms with Gasteiger partial charge in [-0.1, -0.05) is 0 Å². The van der Waals surface area contributed by atoms with Crippen molar-refractivity contribution in [3.05, 3.63) is 27.5 Å². The minimum atomic E-state index is -4.46. The molecule has 0 aliphatic rings. The molecule has 0 radical (unpaired) electrons. The number of nitrogens with one attached hydrogen (secondary N) is 1. The number of thiophene rings is 1. The Balaban J connectivity index is 2.77. The summed E-state index contributed by atoms with van der Waals surface area (Å²) >= 11 is 0.931. The largest absolute Gasteiger partial charge is 0.478 e. The van der Waals surface area contributed by atoms with Gasteiger partial charge in [0.25, 0.3) is 5.91 Å². The minimum absolute atomic E-state index is 0.104. The first-order valence-corrected chi connectivity index (χ1v) is 5.87. The highest BCUT2D eigenvalue weighted by Gasteiger charge is 2.28. The van der Waals surface area contributed by atoms with Crippen molar-refractivity contribution in [2.24, 2.45) is 0 Å². The summed E-state index contributed by atoms with van der Waals surface area (Å²) in [5.74, 6) is -1.98. The van der Waals surface area contributed by atoms with Crippen molar-refractivity contribution in [1.82, 2.24) is 5.32 Å². The summed E-state index contributed by atoms with van der Waals surface area (Å²) in [4.78, 5) is 22.4.